The Morgan fingerprint density at radius 2 is 1.72 bits per heavy atom. The molecule has 5 rings (SSSR count). The van der Waals surface area contributed by atoms with E-state index in [4.69, 9.17) is 9.72 Å². The van der Waals surface area contributed by atoms with Gasteiger partial charge in [0.1, 0.15) is 0 Å². The van der Waals surface area contributed by atoms with Crippen molar-refractivity contribution in [3.8, 4) is 22.8 Å². The van der Waals surface area contributed by atoms with Crippen molar-refractivity contribution in [2.75, 3.05) is 0 Å². The molecule has 4 aromatic rings. The van der Waals surface area contributed by atoms with Gasteiger partial charge in [0, 0.05) is 0 Å². The first-order chi connectivity index (χ1) is 15.0. The van der Waals surface area contributed by atoms with E-state index in [-0.39, 0.29) is 5.41 Å². The number of benzene rings is 3. The van der Waals surface area contributed by atoms with E-state index in [0.29, 0.717) is 0 Å². The summed E-state index contributed by atoms with van der Waals surface area (Å²) in [6.07, 6.45) is 3.18. The number of rotatable bonds is 3. The second kappa shape index (κ2) is 7.35. The first-order valence-electron chi connectivity index (χ1n) is 11.7. The SMILES string of the molecule is Cc1c2c(cc3ccccc13)-c1ncc([CH2][Ge]([CH3])([CH3])[CH3])c3cc(CC(C)(C)C)cc(c13)O2. The Morgan fingerprint density at radius 1 is 0.969 bits per heavy atom. The Bertz CT molecular complexity index is 1370. The van der Waals surface area contributed by atoms with Crippen LogP contribution in [0.2, 0.25) is 17.3 Å². The van der Waals surface area contributed by atoms with Crippen LogP contribution in [0.4, 0.5) is 0 Å². The molecule has 1 aliphatic heterocycles. The predicted molar refractivity (Wildman–Crippen MR) is 140 cm³/mol. The molecule has 0 saturated carbocycles. The molecule has 0 fully saturated rings. The summed E-state index contributed by atoms with van der Waals surface area (Å²) in [4.78, 5) is 5.07. The molecule has 0 N–H and O–H groups in total. The Kier molecular flexibility index (Phi) is 4.94. The predicted octanol–water partition coefficient (Wildman–Crippen LogP) is 8.48. The number of hydrogen-bond acceptors (Lipinski definition) is 2. The molecule has 0 radical (unpaired) electrons. The van der Waals surface area contributed by atoms with Gasteiger partial charge in [-0.2, -0.15) is 0 Å². The van der Waals surface area contributed by atoms with Crippen LogP contribution in [0.25, 0.3) is 32.8 Å². The number of hydrogen-bond donors (Lipinski definition) is 0. The van der Waals surface area contributed by atoms with Crippen molar-refractivity contribution in [3.05, 3.63) is 65.4 Å². The van der Waals surface area contributed by atoms with Crippen LogP contribution >= 0.6 is 0 Å². The number of fused-ring (bicyclic) bond motifs is 3. The maximum absolute atomic E-state index is 6.70. The van der Waals surface area contributed by atoms with Gasteiger partial charge in [-0.25, -0.2) is 0 Å². The molecular formula is C29H33GeNO. The van der Waals surface area contributed by atoms with E-state index in [2.05, 4.69) is 93.6 Å². The van der Waals surface area contributed by atoms with Gasteiger partial charge in [-0.3, -0.25) is 0 Å². The summed E-state index contributed by atoms with van der Waals surface area (Å²) in [6, 6.07) is 15.5. The van der Waals surface area contributed by atoms with Crippen molar-refractivity contribution in [1.82, 2.24) is 4.98 Å². The molecule has 3 aromatic carbocycles. The minimum atomic E-state index is -1.83. The van der Waals surface area contributed by atoms with E-state index >= 15 is 0 Å². The van der Waals surface area contributed by atoms with Crippen molar-refractivity contribution < 1.29 is 4.74 Å². The molecule has 3 heteroatoms. The molecule has 0 amide bonds. The first-order valence-corrected chi connectivity index (χ1v) is 19.4. The van der Waals surface area contributed by atoms with Gasteiger partial charge in [-0.15, -0.1) is 0 Å². The summed E-state index contributed by atoms with van der Waals surface area (Å²) in [5.74, 6) is 9.37. The molecule has 0 bridgehead atoms. The molecule has 1 aromatic heterocycles. The summed E-state index contributed by atoms with van der Waals surface area (Å²) in [6.45, 7) is 9.08. The third kappa shape index (κ3) is 3.83. The third-order valence-corrected chi connectivity index (χ3v) is 9.29. The Balaban J connectivity index is 1.82. The molecular weight excluding hydrogens is 451 g/mol. The third-order valence-electron chi connectivity index (χ3n) is 6.27. The second-order valence-corrected chi connectivity index (χ2v) is 23.3. The molecule has 0 unspecified atom stereocenters. The van der Waals surface area contributed by atoms with Crippen LogP contribution in [0.3, 0.4) is 0 Å². The number of aryl methyl sites for hydroxylation is 1. The topological polar surface area (TPSA) is 22.1 Å². The molecule has 32 heavy (non-hydrogen) atoms. The summed E-state index contributed by atoms with van der Waals surface area (Å²) < 4.78 is 6.70. The number of nitrogens with zero attached hydrogens (tertiary/aromatic N) is 1. The standard InChI is InChI=1S/C29H33GeNO/c1-18-22-11-9-8-10-20(22)14-24-27-26-23(21(17-31-27)16-30(5,6)7)12-19(15-29(2,3)4)13-25(26)32-28(18)24/h8-14,17H,15-16H2,1-7H3. The molecule has 164 valence electrons. The van der Waals surface area contributed by atoms with Gasteiger partial charge in [0.2, 0.25) is 0 Å². The van der Waals surface area contributed by atoms with Gasteiger partial charge in [-0.05, 0) is 0 Å². The van der Waals surface area contributed by atoms with Crippen LogP contribution in [-0.4, -0.2) is 18.3 Å². The molecule has 0 aliphatic carbocycles. The fourth-order valence-electron chi connectivity index (χ4n) is 5.09. The summed E-state index contributed by atoms with van der Waals surface area (Å²) in [5.41, 5.74) is 6.33. The summed E-state index contributed by atoms with van der Waals surface area (Å²) in [7, 11) is 0. The van der Waals surface area contributed by atoms with Crippen molar-refractivity contribution in [1.29, 1.82) is 0 Å². The molecule has 1 aliphatic rings. The van der Waals surface area contributed by atoms with E-state index in [9.17, 15) is 0 Å². The summed E-state index contributed by atoms with van der Waals surface area (Å²) in [5, 5.41) is 6.18. The van der Waals surface area contributed by atoms with E-state index in [1.807, 2.05) is 0 Å². The van der Waals surface area contributed by atoms with Gasteiger partial charge in [0.15, 0.2) is 0 Å². The van der Waals surface area contributed by atoms with Crippen LogP contribution < -0.4 is 4.74 Å². The molecule has 2 nitrogen and oxygen atoms in total. The number of pyridine rings is 1. The van der Waals surface area contributed by atoms with Gasteiger partial charge in [-0.1, -0.05) is 0 Å². The molecule has 2 heterocycles. The van der Waals surface area contributed by atoms with Gasteiger partial charge < -0.3 is 0 Å². The Morgan fingerprint density at radius 3 is 2.44 bits per heavy atom. The fourth-order valence-corrected chi connectivity index (χ4v) is 8.07. The minimum absolute atomic E-state index is 0.219. The quantitative estimate of drug-likeness (QED) is 0.240. The van der Waals surface area contributed by atoms with Crippen LogP contribution in [0, 0.1) is 12.3 Å². The molecule has 0 saturated heterocycles. The molecule has 0 spiro atoms. The summed E-state index contributed by atoms with van der Waals surface area (Å²) >= 11 is -1.83. The normalized spacial score (nSPS) is 13.3. The average Bonchev–Trinajstić information content (AvgIpc) is 2.68. The zero-order chi connectivity index (χ0) is 22.8. The zero-order valence-corrected chi connectivity index (χ0v) is 22.5. The Labute approximate surface area is 194 Å². The van der Waals surface area contributed by atoms with Gasteiger partial charge in [0.25, 0.3) is 0 Å². The van der Waals surface area contributed by atoms with Gasteiger partial charge in [0.05, 0.1) is 0 Å². The monoisotopic (exact) mass is 485 g/mol. The van der Waals surface area contributed by atoms with Crippen molar-refractivity contribution >= 4 is 34.8 Å². The molecule has 0 atom stereocenters. The fraction of sp³-hybridized carbons (Fsp3) is 0.345. The van der Waals surface area contributed by atoms with E-state index in [1.54, 1.807) is 0 Å². The number of ether oxygens (including phenoxy) is 1. The number of aromatic nitrogens is 1. The van der Waals surface area contributed by atoms with Crippen molar-refractivity contribution in [2.24, 2.45) is 5.41 Å². The van der Waals surface area contributed by atoms with Crippen LogP contribution in [0.5, 0.6) is 11.5 Å². The van der Waals surface area contributed by atoms with Crippen LogP contribution in [-0.2, 0) is 11.7 Å². The van der Waals surface area contributed by atoms with E-state index < -0.39 is 13.3 Å². The van der Waals surface area contributed by atoms with Crippen LogP contribution in [0.15, 0.2) is 48.7 Å². The van der Waals surface area contributed by atoms with Crippen molar-refractivity contribution in [2.45, 2.75) is 56.6 Å². The first kappa shape index (κ1) is 21.5. The zero-order valence-electron chi connectivity index (χ0n) is 20.4. The Hall–Kier alpha value is -2.33. The van der Waals surface area contributed by atoms with Crippen LogP contribution in [0.1, 0.15) is 37.5 Å². The average molecular weight is 484 g/mol. The van der Waals surface area contributed by atoms with Gasteiger partial charge >= 0.3 is 195 Å². The van der Waals surface area contributed by atoms with Crippen molar-refractivity contribution in [3.63, 3.8) is 0 Å². The van der Waals surface area contributed by atoms with E-state index in [1.165, 1.54) is 43.5 Å². The maximum atomic E-state index is 6.70. The van der Waals surface area contributed by atoms with E-state index in [0.717, 1.165) is 29.2 Å². The second-order valence-electron chi connectivity index (χ2n) is 11.8.